The van der Waals surface area contributed by atoms with Crippen molar-refractivity contribution in [2.24, 2.45) is 10.8 Å². The molecule has 3 N–H and O–H groups in total. The predicted molar refractivity (Wildman–Crippen MR) is 82.8 cm³/mol. The van der Waals surface area contributed by atoms with E-state index in [0.29, 0.717) is 0 Å². The maximum atomic E-state index is 5.35. The third kappa shape index (κ3) is 2.56. The summed E-state index contributed by atoms with van der Waals surface area (Å²) in [6.45, 7) is 2.41. The van der Waals surface area contributed by atoms with Crippen LogP contribution in [0.3, 0.4) is 0 Å². The van der Waals surface area contributed by atoms with Gasteiger partial charge in [0, 0.05) is 18.8 Å². The van der Waals surface area contributed by atoms with Crippen molar-refractivity contribution < 1.29 is 0 Å². The zero-order valence-electron chi connectivity index (χ0n) is 10.9. The molecule has 0 fully saturated rings. The molecule has 2 aliphatic rings. The molecule has 4 nitrogen and oxygen atoms in total. The number of rotatable bonds is 2. The van der Waals surface area contributed by atoms with Crippen LogP contribution in [-0.4, -0.2) is 24.4 Å². The topological polar surface area (TPSA) is 53.6 Å². The Hall–Kier alpha value is -1.62. The van der Waals surface area contributed by atoms with Crippen molar-refractivity contribution in [2.75, 3.05) is 18.0 Å². The number of nitrogens with zero attached hydrogens (tertiary/aromatic N) is 2. The van der Waals surface area contributed by atoms with E-state index >= 15 is 0 Å². The maximum absolute atomic E-state index is 5.35. The van der Waals surface area contributed by atoms with Crippen molar-refractivity contribution in [1.29, 1.82) is 0 Å². The van der Waals surface area contributed by atoms with Gasteiger partial charge in [0.05, 0.1) is 6.21 Å². The van der Waals surface area contributed by atoms with Crippen LogP contribution >= 0.6 is 12.2 Å². The van der Waals surface area contributed by atoms with Gasteiger partial charge in [0.15, 0.2) is 5.11 Å². The van der Waals surface area contributed by atoms with Crippen molar-refractivity contribution in [3.8, 4) is 0 Å². The molecule has 2 aliphatic heterocycles. The summed E-state index contributed by atoms with van der Waals surface area (Å²) >= 11 is 4.73. The fourth-order valence-electron chi connectivity index (χ4n) is 3.08. The Morgan fingerprint density at radius 1 is 1.26 bits per heavy atom. The average molecular weight is 274 g/mol. The summed E-state index contributed by atoms with van der Waals surface area (Å²) in [4.78, 5) is 2.53. The molecule has 2 heterocycles. The lowest BCUT2D eigenvalue weighted by molar-refractivity contribution is 0.634. The molecule has 0 amide bonds. The molecule has 0 bridgehead atoms. The molecule has 3 rings (SSSR count). The normalized spacial score (nSPS) is 17.4. The minimum Gasteiger partial charge on any atom is -0.375 e. The first-order valence-electron chi connectivity index (χ1n) is 6.73. The number of nitrogens with one attached hydrogen (secondary N) is 1. The van der Waals surface area contributed by atoms with Gasteiger partial charge in [-0.25, -0.2) is 0 Å². The number of thiocarbonyl (C=S) groups is 1. The average Bonchev–Trinajstić information content (AvgIpc) is 2.39. The van der Waals surface area contributed by atoms with Crippen LogP contribution in [-0.2, 0) is 12.8 Å². The van der Waals surface area contributed by atoms with Crippen molar-refractivity contribution in [2.45, 2.75) is 25.7 Å². The Bertz CT molecular complexity index is 507. The first kappa shape index (κ1) is 12.4. The number of hydrogen-bond acceptors (Lipinski definition) is 3. The molecule has 5 heteroatoms. The maximum Gasteiger partial charge on any atom is 0.184 e. The molecule has 1 aromatic carbocycles. The van der Waals surface area contributed by atoms with Gasteiger partial charge in [0.1, 0.15) is 0 Å². The fraction of sp³-hybridized carbons (Fsp3) is 0.429. The second-order valence-corrected chi connectivity index (χ2v) is 5.56. The molecular weight excluding hydrogens is 256 g/mol. The zero-order chi connectivity index (χ0) is 13.2. The zero-order valence-corrected chi connectivity index (χ0v) is 11.7. The lowest BCUT2D eigenvalue weighted by atomic mass is 9.90. The molecule has 0 spiro atoms. The van der Waals surface area contributed by atoms with E-state index in [1.165, 1.54) is 55.6 Å². The Kier molecular flexibility index (Phi) is 3.38. The highest BCUT2D eigenvalue weighted by Crippen LogP contribution is 2.35. The van der Waals surface area contributed by atoms with Crippen LogP contribution in [0.4, 0.5) is 5.69 Å². The van der Waals surface area contributed by atoms with Gasteiger partial charge in [0.25, 0.3) is 0 Å². The second-order valence-electron chi connectivity index (χ2n) is 5.12. The third-order valence-corrected chi connectivity index (χ3v) is 3.83. The van der Waals surface area contributed by atoms with Gasteiger partial charge in [0.2, 0.25) is 0 Å². The fourth-order valence-corrected chi connectivity index (χ4v) is 3.13. The quantitative estimate of drug-likeness (QED) is 0.488. The number of hydrogen-bond donors (Lipinski definition) is 2. The van der Waals surface area contributed by atoms with Gasteiger partial charge in [-0.05, 0) is 66.7 Å². The van der Waals surface area contributed by atoms with E-state index in [2.05, 4.69) is 27.6 Å². The van der Waals surface area contributed by atoms with Crippen LogP contribution in [0.25, 0.3) is 0 Å². The van der Waals surface area contributed by atoms with Gasteiger partial charge in [-0.15, -0.1) is 0 Å². The van der Waals surface area contributed by atoms with E-state index in [9.17, 15) is 0 Å². The Labute approximate surface area is 118 Å². The Balaban J connectivity index is 1.92. The number of hydrazone groups is 1. The highest BCUT2D eigenvalue weighted by molar-refractivity contribution is 7.80. The van der Waals surface area contributed by atoms with Crippen LogP contribution in [0.2, 0.25) is 0 Å². The van der Waals surface area contributed by atoms with E-state index in [1.807, 2.05) is 0 Å². The van der Waals surface area contributed by atoms with Crippen molar-refractivity contribution in [3.63, 3.8) is 0 Å². The van der Waals surface area contributed by atoms with Crippen LogP contribution in [0.1, 0.15) is 29.5 Å². The third-order valence-electron chi connectivity index (χ3n) is 3.74. The summed E-state index contributed by atoms with van der Waals surface area (Å²) in [6.07, 6.45) is 6.63. The van der Waals surface area contributed by atoms with Gasteiger partial charge < -0.3 is 10.6 Å². The first-order chi connectivity index (χ1) is 9.24. The molecule has 100 valence electrons. The molecule has 1 aromatic rings. The largest absolute Gasteiger partial charge is 0.375 e. The van der Waals surface area contributed by atoms with E-state index in [4.69, 9.17) is 18.0 Å². The monoisotopic (exact) mass is 274 g/mol. The summed E-state index contributed by atoms with van der Waals surface area (Å²) in [5.74, 6) is 0. The second kappa shape index (κ2) is 5.17. The van der Waals surface area contributed by atoms with E-state index in [-0.39, 0.29) is 5.11 Å². The van der Waals surface area contributed by atoms with Crippen molar-refractivity contribution in [1.82, 2.24) is 5.43 Å². The standard InChI is InChI=1S/C14H18N4S/c15-14(19)17-16-9-10-7-11-3-1-5-18-6-2-4-12(8-10)13(11)18/h7-9H,1-6H2,(H3,15,17,19)/b16-9+. The van der Waals surface area contributed by atoms with Gasteiger partial charge in [-0.2, -0.15) is 5.10 Å². The minimum absolute atomic E-state index is 0.196. The van der Waals surface area contributed by atoms with Crippen LogP contribution in [0, 0.1) is 0 Å². The summed E-state index contributed by atoms with van der Waals surface area (Å²) < 4.78 is 0. The molecule has 0 atom stereocenters. The van der Waals surface area contributed by atoms with Gasteiger partial charge >= 0.3 is 0 Å². The van der Waals surface area contributed by atoms with Crippen molar-refractivity contribution >= 4 is 29.2 Å². The summed E-state index contributed by atoms with van der Waals surface area (Å²) in [5, 5.41) is 4.24. The van der Waals surface area contributed by atoms with E-state index in [1.54, 1.807) is 6.21 Å². The highest BCUT2D eigenvalue weighted by atomic mass is 32.1. The van der Waals surface area contributed by atoms with Crippen LogP contribution in [0.15, 0.2) is 17.2 Å². The molecule has 19 heavy (non-hydrogen) atoms. The molecule has 0 saturated carbocycles. The van der Waals surface area contributed by atoms with Gasteiger partial charge in [-0.3, -0.25) is 5.43 Å². The van der Waals surface area contributed by atoms with Gasteiger partial charge in [-0.1, -0.05) is 0 Å². The van der Waals surface area contributed by atoms with Crippen LogP contribution < -0.4 is 16.1 Å². The first-order valence-corrected chi connectivity index (χ1v) is 7.14. The summed E-state index contributed by atoms with van der Waals surface area (Å²) in [6, 6.07) is 4.47. The summed E-state index contributed by atoms with van der Waals surface area (Å²) in [7, 11) is 0. The summed E-state index contributed by atoms with van der Waals surface area (Å²) in [5.41, 5.74) is 13.5. The minimum atomic E-state index is 0.196. The lowest BCUT2D eigenvalue weighted by Crippen LogP contribution is -2.34. The number of nitrogens with two attached hydrogens (primary N) is 1. The number of anilines is 1. The Morgan fingerprint density at radius 2 is 1.89 bits per heavy atom. The number of aryl methyl sites for hydroxylation is 2. The van der Waals surface area contributed by atoms with E-state index in [0.717, 1.165) is 5.56 Å². The van der Waals surface area contributed by atoms with Crippen molar-refractivity contribution in [3.05, 3.63) is 28.8 Å². The molecule has 0 radical (unpaired) electrons. The van der Waals surface area contributed by atoms with Crippen LogP contribution in [0.5, 0.6) is 0 Å². The molecule has 0 unspecified atom stereocenters. The highest BCUT2D eigenvalue weighted by Gasteiger charge is 2.23. The SMILES string of the molecule is NC(=S)N/N=C/c1cc2c3c(c1)CCCN3CCC2. The van der Waals surface area contributed by atoms with E-state index < -0.39 is 0 Å². The number of benzene rings is 1. The predicted octanol–water partition coefficient (Wildman–Crippen LogP) is 1.55. The molecular formula is C14H18N4S. The lowest BCUT2D eigenvalue weighted by Gasteiger charge is -2.37. The smallest absolute Gasteiger partial charge is 0.184 e. The molecule has 0 aromatic heterocycles. The molecule has 0 aliphatic carbocycles. The molecule has 0 saturated heterocycles. The Morgan fingerprint density at radius 3 is 2.47 bits per heavy atom.